The smallest absolute Gasteiger partial charge is 0.227 e. The highest BCUT2D eigenvalue weighted by Crippen LogP contribution is 2.27. The number of rotatable bonds is 4. The predicted molar refractivity (Wildman–Crippen MR) is 98.7 cm³/mol. The molecule has 1 fully saturated rings. The van der Waals surface area contributed by atoms with Crippen molar-refractivity contribution in [1.82, 2.24) is 5.32 Å². The summed E-state index contributed by atoms with van der Waals surface area (Å²) in [6.45, 7) is 3.64. The van der Waals surface area contributed by atoms with Gasteiger partial charge in [-0.05, 0) is 48.7 Å². The molecule has 3 rings (SSSR count). The van der Waals surface area contributed by atoms with Crippen LogP contribution in [0.1, 0.15) is 31.7 Å². The van der Waals surface area contributed by atoms with E-state index >= 15 is 0 Å². The predicted octanol–water partition coefficient (Wildman–Crippen LogP) is 2.65. The van der Waals surface area contributed by atoms with Crippen LogP contribution in [0.3, 0.4) is 0 Å². The highest BCUT2D eigenvalue weighted by Gasteiger charge is 2.40. The van der Waals surface area contributed by atoms with Gasteiger partial charge in [0.2, 0.25) is 5.91 Å². The molecular weight excluding hydrogens is 338 g/mol. The van der Waals surface area contributed by atoms with Crippen molar-refractivity contribution >= 4 is 26.5 Å². The Balaban J connectivity index is 1.79. The number of amides is 1. The van der Waals surface area contributed by atoms with Crippen molar-refractivity contribution in [2.75, 3.05) is 18.6 Å². The molecule has 2 aromatic carbocycles. The molecule has 134 valence electrons. The Morgan fingerprint density at radius 1 is 1.20 bits per heavy atom. The van der Waals surface area contributed by atoms with Crippen LogP contribution < -0.4 is 10.1 Å². The van der Waals surface area contributed by atoms with Gasteiger partial charge in [-0.3, -0.25) is 4.79 Å². The molecule has 6 heteroatoms. The Bertz CT molecular complexity index is 922. The summed E-state index contributed by atoms with van der Waals surface area (Å²) in [6.07, 6.45) is 0.464. The highest BCUT2D eigenvalue weighted by atomic mass is 32.2. The van der Waals surface area contributed by atoms with E-state index in [9.17, 15) is 13.2 Å². The number of nitrogens with one attached hydrogen (secondary N) is 1. The van der Waals surface area contributed by atoms with Crippen molar-refractivity contribution in [1.29, 1.82) is 0 Å². The molecule has 0 aromatic heterocycles. The van der Waals surface area contributed by atoms with E-state index in [-0.39, 0.29) is 23.3 Å². The molecule has 1 aliphatic rings. The molecule has 1 amide bonds. The number of hydrogen-bond acceptors (Lipinski definition) is 4. The second-order valence-electron chi connectivity index (χ2n) is 7.09. The van der Waals surface area contributed by atoms with Crippen LogP contribution in [0.5, 0.6) is 5.75 Å². The zero-order valence-corrected chi connectivity index (χ0v) is 15.5. The number of ether oxygens (including phenoxy) is 1. The van der Waals surface area contributed by atoms with Crippen molar-refractivity contribution in [3.05, 3.63) is 42.0 Å². The van der Waals surface area contributed by atoms with Gasteiger partial charge in [0.15, 0.2) is 9.84 Å². The molecule has 0 bridgehead atoms. The van der Waals surface area contributed by atoms with Gasteiger partial charge in [0.25, 0.3) is 0 Å². The maximum atomic E-state index is 12.6. The second-order valence-corrected chi connectivity index (χ2v) is 9.27. The first-order valence-electron chi connectivity index (χ1n) is 8.32. The number of fused-ring (bicyclic) bond motifs is 1. The van der Waals surface area contributed by atoms with Crippen LogP contribution in [0, 0.1) is 0 Å². The van der Waals surface area contributed by atoms with E-state index in [2.05, 4.69) is 5.32 Å². The molecular formula is C19H23NO4S. The fourth-order valence-electron chi connectivity index (χ4n) is 3.30. The maximum Gasteiger partial charge on any atom is 0.227 e. The van der Waals surface area contributed by atoms with Crippen molar-refractivity contribution < 1.29 is 17.9 Å². The molecule has 1 N–H and O–H groups in total. The molecule has 1 saturated heterocycles. The quantitative estimate of drug-likeness (QED) is 0.909. The summed E-state index contributed by atoms with van der Waals surface area (Å²) in [7, 11) is -1.42. The Morgan fingerprint density at radius 3 is 2.52 bits per heavy atom. The molecule has 2 atom stereocenters. The molecule has 25 heavy (non-hydrogen) atoms. The number of hydrogen-bond donors (Lipinski definition) is 1. The van der Waals surface area contributed by atoms with Gasteiger partial charge in [-0.1, -0.05) is 24.3 Å². The molecule has 5 nitrogen and oxygen atoms in total. The Labute approximate surface area is 148 Å². The van der Waals surface area contributed by atoms with E-state index in [1.165, 1.54) is 0 Å². The first kappa shape index (κ1) is 17.7. The van der Waals surface area contributed by atoms with Crippen LogP contribution >= 0.6 is 0 Å². The Morgan fingerprint density at radius 2 is 1.88 bits per heavy atom. The van der Waals surface area contributed by atoms with Crippen LogP contribution in [-0.2, 0) is 14.6 Å². The van der Waals surface area contributed by atoms with Crippen molar-refractivity contribution in [3.63, 3.8) is 0 Å². The van der Waals surface area contributed by atoms with Gasteiger partial charge in [-0.25, -0.2) is 8.42 Å². The van der Waals surface area contributed by atoms with Gasteiger partial charge in [-0.2, -0.15) is 0 Å². The maximum absolute atomic E-state index is 12.6. The first-order valence-corrected chi connectivity index (χ1v) is 10.1. The molecule has 0 radical (unpaired) electrons. The fourth-order valence-corrected chi connectivity index (χ4v) is 5.40. The SMILES string of the molecule is COc1ccc2cc([C@@H](C)C(=O)N[C@]3(C)CCS(=O)(=O)C3)ccc2c1. The minimum Gasteiger partial charge on any atom is -0.497 e. The standard InChI is InChI=1S/C19H23NO4S/c1-13(18(21)20-19(2)8-9-25(22,23)12-19)14-4-5-16-11-17(24-3)7-6-15(16)10-14/h4-7,10-11,13H,8-9,12H2,1-3H3,(H,20,21)/t13-,19-/m1/s1. The number of carbonyl (C=O) groups is 1. The number of methoxy groups -OCH3 is 1. The molecule has 0 saturated carbocycles. The summed E-state index contributed by atoms with van der Waals surface area (Å²) < 4.78 is 28.6. The van der Waals surface area contributed by atoms with E-state index in [1.807, 2.05) is 43.3 Å². The van der Waals surface area contributed by atoms with E-state index in [0.29, 0.717) is 6.42 Å². The number of benzene rings is 2. The van der Waals surface area contributed by atoms with Crippen LogP contribution in [0.15, 0.2) is 36.4 Å². The fraction of sp³-hybridized carbons (Fsp3) is 0.421. The van der Waals surface area contributed by atoms with E-state index in [1.54, 1.807) is 14.0 Å². The minimum absolute atomic E-state index is 0.00990. The molecule has 1 heterocycles. The van der Waals surface area contributed by atoms with E-state index in [0.717, 1.165) is 22.1 Å². The van der Waals surface area contributed by atoms with Gasteiger partial charge < -0.3 is 10.1 Å². The Kier molecular flexibility index (Phi) is 4.49. The third kappa shape index (κ3) is 3.79. The van der Waals surface area contributed by atoms with Crippen molar-refractivity contribution in [2.45, 2.75) is 31.7 Å². The summed E-state index contributed by atoms with van der Waals surface area (Å²) in [4.78, 5) is 12.6. The number of sulfone groups is 1. The minimum atomic E-state index is -3.05. The van der Waals surface area contributed by atoms with Crippen molar-refractivity contribution in [3.8, 4) is 5.75 Å². The van der Waals surface area contributed by atoms with E-state index < -0.39 is 15.4 Å². The van der Waals surface area contributed by atoms with Crippen LogP contribution in [0.25, 0.3) is 10.8 Å². The van der Waals surface area contributed by atoms with Crippen LogP contribution in [0.4, 0.5) is 0 Å². The topological polar surface area (TPSA) is 72.5 Å². The second kappa shape index (κ2) is 6.33. The molecule has 0 aliphatic carbocycles. The summed E-state index contributed by atoms with van der Waals surface area (Å²) in [5, 5.41) is 5.02. The lowest BCUT2D eigenvalue weighted by atomic mass is 9.94. The third-order valence-electron chi connectivity index (χ3n) is 4.89. The average molecular weight is 361 g/mol. The summed E-state index contributed by atoms with van der Waals surface area (Å²) in [5.74, 6) is 0.437. The van der Waals surface area contributed by atoms with Gasteiger partial charge in [0.1, 0.15) is 5.75 Å². The van der Waals surface area contributed by atoms with Gasteiger partial charge in [-0.15, -0.1) is 0 Å². The molecule has 0 spiro atoms. The summed E-state index contributed by atoms with van der Waals surface area (Å²) in [5.41, 5.74) is 0.230. The largest absolute Gasteiger partial charge is 0.497 e. The van der Waals surface area contributed by atoms with Gasteiger partial charge >= 0.3 is 0 Å². The number of carbonyl (C=O) groups excluding carboxylic acids is 1. The molecule has 0 unspecified atom stereocenters. The van der Waals surface area contributed by atoms with E-state index in [4.69, 9.17) is 4.74 Å². The summed E-state index contributed by atoms with van der Waals surface area (Å²) in [6, 6.07) is 11.7. The average Bonchev–Trinajstić information content (AvgIpc) is 2.85. The molecule has 1 aliphatic heterocycles. The van der Waals surface area contributed by atoms with Crippen LogP contribution in [-0.4, -0.2) is 38.5 Å². The molecule has 2 aromatic rings. The highest BCUT2D eigenvalue weighted by molar-refractivity contribution is 7.91. The van der Waals surface area contributed by atoms with Crippen molar-refractivity contribution in [2.24, 2.45) is 0 Å². The van der Waals surface area contributed by atoms with Crippen LogP contribution in [0.2, 0.25) is 0 Å². The normalized spacial score (nSPS) is 23.3. The summed E-state index contributed by atoms with van der Waals surface area (Å²) >= 11 is 0. The lowest BCUT2D eigenvalue weighted by Crippen LogP contribution is -2.48. The van der Waals surface area contributed by atoms with Gasteiger partial charge in [0.05, 0.1) is 30.1 Å². The zero-order valence-electron chi connectivity index (χ0n) is 14.7. The zero-order chi connectivity index (χ0) is 18.2. The Hall–Kier alpha value is -2.08. The lowest BCUT2D eigenvalue weighted by molar-refractivity contribution is -0.123. The monoisotopic (exact) mass is 361 g/mol. The third-order valence-corrected chi connectivity index (χ3v) is 6.80. The lowest BCUT2D eigenvalue weighted by Gasteiger charge is -2.26. The first-order chi connectivity index (χ1) is 11.7. The van der Waals surface area contributed by atoms with Gasteiger partial charge in [0, 0.05) is 0 Å².